The summed E-state index contributed by atoms with van der Waals surface area (Å²) in [5.74, 6) is 3.51. The maximum atomic E-state index is 13.6. The first-order valence-electron chi connectivity index (χ1n) is 13.7. The van der Waals surface area contributed by atoms with E-state index in [1.165, 1.54) is 0 Å². The molecule has 3 aliphatic heterocycles. The Balaban J connectivity index is 1.39. The van der Waals surface area contributed by atoms with Crippen molar-refractivity contribution in [2.24, 2.45) is 0 Å². The van der Waals surface area contributed by atoms with Gasteiger partial charge in [0.05, 0.1) is 28.7 Å². The molecule has 3 atom stereocenters. The van der Waals surface area contributed by atoms with E-state index in [1.807, 2.05) is 30.6 Å². The van der Waals surface area contributed by atoms with Crippen molar-refractivity contribution in [2.45, 2.75) is 43.8 Å². The van der Waals surface area contributed by atoms with Crippen LogP contribution in [0.3, 0.4) is 0 Å². The van der Waals surface area contributed by atoms with Gasteiger partial charge >= 0.3 is 0 Å². The third-order valence-corrected chi connectivity index (χ3v) is 7.98. The molecule has 1 amide bonds. The van der Waals surface area contributed by atoms with Gasteiger partial charge in [-0.15, -0.1) is 6.42 Å². The molecule has 178 valence electrons. The number of aromatic nitrogens is 4. The molecule has 0 radical (unpaired) electrons. The number of nitrogens with zero attached hydrogens (tertiary/aromatic N) is 5. The van der Waals surface area contributed by atoms with E-state index >= 15 is 0 Å². The fourth-order valence-corrected chi connectivity index (χ4v) is 6.10. The van der Waals surface area contributed by atoms with Crippen LogP contribution in [0.25, 0.3) is 22.2 Å². The molecular formula is C29H26N6O. The van der Waals surface area contributed by atoms with Crippen LogP contribution in [0.15, 0.2) is 48.8 Å². The van der Waals surface area contributed by atoms with Crippen molar-refractivity contribution in [1.82, 2.24) is 29.7 Å². The van der Waals surface area contributed by atoms with Crippen molar-refractivity contribution >= 4 is 16.9 Å². The van der Waals surface area contributed by atoms with Crippen LogP contribution in [0.2, 0.25) is 0 Å². The van der Waals surface area contributed by atoms with E-state index < -0.39 is 18.9 Å². The third kappa shape index (κ3) is 2.85. The first-order valence-corrected chi connectivity index (χ1v) is 12.2. The standard InChI is InChI=1S/C29H26N6O/c1-4-17-7-5-8-20-25(17)23-14-24(34(3)27(20)36)26-33-21-10-9-18(13-22(21)35(23)26)19-15-30-28(31-16-19)29(2)11-6-12-32-29/h1,5,7-10,13,15-16,23-24,32H,6,11-12,14H2,2-3H3/t23-,24-,29?/m1/s1/i3D3. The van der Waals surface area contributed by atoms with Crippen LogP contribution >= 0.6 is 0 Å². The second-order valence-corrected chi connectivity index (χ2v) is 10.1. The Hall–Kier alpha value is -4.02. The number of hydrogen-bond acceptors (Lipinski definition) is 5. The van der Waals surface area contributed by atoms with Gasteiger partial charge in [0.15, 0.2) is 0 Å². The smallest absolute Gasteiger partial charge is 0.254 e. The summed E-state index contributed by atoms with van der Waals surface area (Å²) in [6.07, 6.45) is 12.1. The molecule has 1 saturated heterocycles. The number of amides is 1. The van der Waals surface area contributed by atoms with E-state index in [1.54, 1.807) is 18.2 Å². The highest BCUT2D eigenvalue weighted by molar-refractivity contribution is 5.98. The van der Waals surface area contributed by atoms with Crippen molar-refractivity contribution in [3.05, 3.63) is 77.1 Å². The quantitative estimate of drug-likeness (QED) is 0.438. The molecule has 7 rings (SSSR count). The molecular weight excluding hydrogens is 448 g/mol. The van der Waals surface area contributed by atoms with Gasteiger partial charge in [0, 0.05) is 52.2 Å². The number of hydrogen-bond donors (Lipinski definition) is 1. The first kappa shape index (κ1) is 18.3. The number of carbonyl (C=O) groups is 1. The Morgan fingerprint density at radius 3 is 2.81 bits per heavy atom. The molecule has 0 saturated carbocycles. The number of fused-ring (bicyclic) bond motifs is 9. The SMILES string of the molecule is [2H]C([2H])([2H])N1C(=O)c2cccc(C#C)c2[C@H]2C[C@@H]1c1nc3ccc(-c4cnc(C5(C)CCCN5)nc4)cc3n12. The molecule has 1 N–H and O–H groups in total. The second kappa shape index (κ2) is 7.49. The van der Waals surface area contributed by atoms with Gasteiger partial charge in [0.1, 0.15) is 11.6 Å². The van der Waals surface area contributed by atoms with Crippen molar-refractivity contribution in [1.29, 1.82) is 0 Å². The lowest BCUT2D eigenvalue weighted by atomic mass is 9.93. The summed E-state index contributed by atoms with van der Waals surface area (Å²) in [6, 6.07) is 10.1. The number of terminal acetylenes is 1. The summed E-state index contributed by atoms with van der Waals surface area (Å²) >= 11 is 0. The minimum Gasteiger partial charge on any atom is -0.331 e. The monoisotopic (exact) mass is 477 g/mol. The summed E-state index contributed by atoms with van der Waals surface area (Å²) in [7, 11) is 0. The topological polar surface area (TPSA) is 75.9 Å². The highest BCUT2D eigenvalue weighted by Gasteiger charge is 2.44. The van der Waals surface area contributed by atoms with Crippen LogP contribution in [0.5, 0.6) is 0 Å². The lowest BCUT2D eigenvalue weighted by Gasteiger charge is -2.24. The predicted octanol–water partition coefficient (Wildman–Crippen LogP) is 4.19. The summed E-state index contributed by atoms with van der Waals surface area (Å²) < 4.78 is 26.7. The van der Waals surface area contributed by atoms with Crippen LogP contribution in [0.1, 0.15) is 75.5 Å². The van der Waals surface area contributed by atoms with Crippen molar-refractivity contribution in [3.8, 4) is 23.5 Å². The van der Waals surface area contributed by atoms with Gasteiger partial charge < -0.3 is 14.8 Å². The number of nitrogens with one attached hydrogen (secondary N) is 1. The molecule has 0 aliphatic carbocycles. The molecule has 1 fully saturated rings. The van der Waals surface area contributed by atoms with Gasteiger partial charge in [-0.05, 0) is 56.1 Å². The van der Waals surface area contributed by atoms with E-state index in [9.17, 15) is 4.79 Å². The van der Waals surface area contributed by atoms with Gasteiger partial charge in [-0.2, -0.15) is 0 Å². The summed E-state index contributed by atoms with van der Waals surface area (Å²) in [5, 5.41) is 3.50. The third-order valence-electron chi connectivity index (χ3n) is 7.98. The Morgan fingerprint density at radius 2 is 2.06 bits per heavy atom. The average Bonchev–Trinajstić information content (AvgIpc) is 3.60. The Morgan fingerprint density at radius 1 is 1.19 bits per heavy atom. The highest BCUT2D eigenvalue weighted by Crippen LogP contribution is 2.48. The van der Waals surface area contributed by atoms with E-state index in [0.717, 1.165) is 52.3 Å². The van der Waals surface area contributed by atoms with Crippen molar-refractivity contribution in [3.63, 3.8) is 0 Å². The molecule has 4 aromatic rings. The second-order valence-electron chi connectivity index (χ2n) is 10.1. The molecule has 5 heterocycles. The molecule has 7 nitrogen and oxygen atoms in total. The number of imidazole rings is 1. The molecule has 2 aromatic carbocycles. The summed E-state index contributed by atoms with van der Waals surface area (Å²) in [4.78, 5) is 28.8. The van der Waals surface area contributed by atoms with E-state index in [2.05, 4.69) is 32.7 Å². The average molecular weight is 478 g/mol. The zero-order valence-corrected chi connectivity index (χ0v) is 19.8. The zero-order chi connectivity index (χ0) is 27.1. The van der Waals surface area contributed by atoms with Crippen LogP contribution < -0.4 is 5.32 Å². The molecule has 1 unspecified atom stereocenters. The highest BCUT2D eigenvalue weighted by atomic mass is 16.2. The fraction of sp³-hybridized carbons (Fsp3) is 0.310. The minimum absolute atomic E-state index is 0.209. The largest absolute Gasteiger partial charge is 0.331 e. The number of rotatable bonds is 2. The van der Waals surface area contributed by atoms with Crippen LogP contribution in [0.4, 0.5) is 0 Å². The fourth-order valence-electron chi connectivity index (χ4n) is 6.10. The molecule has 36 heavy (non-hydrogen) atoms. The normalized spacial score (nSPS) is 26.1. The Labute approximate surface area is 213 Å². The first-order chi connectivity index (χ1) is 18.7. The van der Waals surface area contributed by atoms with Crippen molar-refractivity contribution in [2.75, 3.05) is 13.5 Å². The van der Waals surface area contributed by atoms with E-state index in [0.29, 0.717) is 28.9 Å². The molecule has 2 bridgehead atoms. The van der Waals surface area contributed by atoms with Crippen molar-refractivity contribution < 1.29 is 8.91 Å². The van der Waals surface area contributed by atoms with E-state index in [-0.39, 0.29) is 11.6 Å². The van der Waals surface area contributed by atoms with Crippen LogP contribution in [-0.2, 0) is 5.54 Å². The summed E-state index contributed by atoms with van der Waals surface area (Å²) in [6.45, 7) is 0.456. The van der Waals surface area contributed by atoms with Gasteiger partial charge in [0.2, 0.25) is 0 Å². The Bertz CT molecular complexity index is 1700. The maximum Gasteiger partial charge on any atom is 0.254 e. The maximum absolute atomic E-state index is 13.6. The molecule has 3 aliphatic rings. The van der Waals surface area contributed by atoms with Gasteiger partial charge in [-0.1, -0.05) is 18.1 Å². The zero-order valence-electron chi connectivity index (χ0n) is 22.8. The van der Waals surface area contributed by atoms with Gasteiger partial charge in [-0.25, -0.2) is 15.0 Å². The number of benzene rings is 2. The van der Waals surface area contributed by atoms with Gasteiger partial charge in [0.25, 0.3) is 5.91 Å². The minimum atomic E-state index is -2.64. The lowest BCUT2D eigenvalue weighted by molar-refractivity contribution is 0.0734. The Kier molecular flexibility index (Phi) is 3.80. The lowest BCUT2D eigenvalue weighted by Crippen LogP contribution is -2.35. The molecule has 0 spiro atoms. The number of carbonyl (C=O) groups excluding carboxylic acids is 1. The van der Waals surface area contributed by atoms with Crippen LogP contribution in [-0.4, -0.2) is 43.8 Å². The summed E-state index contributed by atoms with van der Waals surface area (Å²) in [5.41, 5.74) is 4.75. The van der Waals surface area contributed by atoms with E-state index in [4.69, 9.17) is 15.5 Å². The molecule has 2 aromatic heterocycles. The van der Waals surface area contributed by atoms with Crippen LogP contribution in [0, 0.1) is 12.3 Å². The predicted molar refractivity (Wildman–Crippen MR) is 137 cm³/mol. The molecule has 7 heteroatoms. The van der Waals surface area contributed by atoms with Gasteiger partial charge in [-0.3, -0.25) is 4.79 Å².